The molecule has 11 heavy (non-hydrogen) atoms. The minimum absolute atomic E-state index is 1.01. The van der Waals surface area contributed by atoms with Crippen LogP contribution in [0.2, 0.25) is 0 Å². The van der Waals surface area contributed by atoms with Crippen molar-refractivity contribution in [3.8, 4) is 0 Å². The van der Waals surface area contributed by atoms with E-state index in [0.29, 0.717) is 0 Å². The van der Waals surface area contributed by atoms with Crippen LogP contribution >= 0.6 is 11.8 Å². The fourth-order valence-corrected chi connectivity index (χ4v) is 2.56. The molecule has 1 aliphatic rings. The van der Waals surface area contributed by atoms with Crippen LogP contribution in [0, 0.1) is 5.92 Å². The monoisotopic (exact) mass is 173 g/mol. The van der Waals surface area contributed by atoms with Gasteiger partial charge < -0.3 is 5.32 Å². The van der Waals surface area contributed by atoms with E-state index in [-0.39, 0.29) is 0 Å². The van der Waals surface area contributed by atoms with Gasteiger partial charge in [0.05, 0.1) is 0 Å². The number of piperidine rings is 1. The van der Waals surface area contributed by atoms with E-state index < -0.39 is 0 Å². The number of nitrogens with one attached hydrogen (secondary N) is 1. The summed E-state index contributed by atoms with van der Waals surface area (Å²) < 4.78 is 0. The van der Waals surface area contributed by atoms with E-state index in [1.807, 2.05) is 0 Å². The highest BCUT2D eigenvalue weighted by Crippen LogP contribution is 2.17. The zero-order valence-corrected chi connectivity index (χ0v) is 8.25. The van der Waals surface area contributed by atoms with Crippen molar-refractivity contribution in [2.75, 3.05) is 24.6 Å². The Morgan fingerprint density at radius 1 is 1.36 bits per heavy atom. The molecule has 0 aromatic heterocycles. The summed E-state index contributed by atoms with van der Waals surface area (Å²) in [4.78, 5) is 0. The Labute approximate surface area is 74.3 Å². The second-order valence-electron chi connectivity index (χ2n) is 3.27. The zero-order chi connectivity index (χ0) is 7.94. The molecular weight excluding hydrogens is 154 g/mol. The molecule has 0 atom stereocenters. The van der Waals surface area contributed by atoms with Crippen molar-refractivity contribution < 1.29 is 0 Å². The molecule has 1 saturated heterocycles. The van der Waals surface area contributed by atoms with Gasteiger partial charge >= 0.3 is 0 Å². The summed E-state index contributed by atoms with van der Waals surface area (Å²) in [6.07, 6.45) is 4.13. The third-order valence-electron chi connectivity index (χ3n) is 2.16. The predicted octanol–water partition coefficient (Wildman–Crippen LogP) is 2.13. The van der Waals surface area contributed by atoms with E-state index in [1.54, 1.807) is 0 Å². The van der Waals surface area contributed by atoms with Crippen LogP contribution in [0.4, 0.5) is 0 Å². The maximum atomic E-state index is 3.40. The van der Waals surface area contributed by atoms with Crippen molar-refractivity contribution in [1.29, 1.82) is 0 Å². The largest absolute Gasteiger partial charge is 0.317 e. The highest BCUT2D eigenvalue weighted by atomic mass is 32.2. The quantitative estimate of drug-likeness (QED) is 0.654. The van der Waals surface area contributed by atoms with Crippen LogP contribution < -0.4 is 5.32 Å². The van der Waals surface area contributed by atoms with Gasteiger partial charge in [0, 0.05) is 0 Å². The van der Waals surface area contributed by atoms with Gasteiger partial charge in [-0.15, -0.1) is 0 Å². The van der Waals surface area contributed by atoms with E-state index >= 15 is 0 Å². The summed E-state index contributed by atoms with van der Waals surface area (Å²) >= 11 is 2.13. The van der Waals surface area contributed by atoms with Gasteiger partial charge in [0.25, 0.3) is 0 Å². The second kappa shape index (κ2) is 5.90. The van der Waals surface area contributed by atoms with Gasteiger partial charge in [0.15, 0.2) is 0 Å². The highest BCUT2D eigenvalue weighted by molar-refractivity contribution is 7.99. The van der Waals surface area contributed by atoms with Crippen molar-refractivity contribution in [2.24, 2.45) is 5.92 Å². The molecule has 0 amide bonds. The molecule has 1 rings (SSSR count). The smallest absolute Gasteiger partial charge is 0.00382 e. The van der Waals surface area contributed by atoms with Crippen molar-refractivity contribution >= 4 is 11.8 Å². The molecule has 0 saturated carbocycles. The predicted molar refractivity (Wildman–Crippen MR) is 53.2 cm³/mol. The van der Waals surface area contributed by atoms with Gasteiger partial charge in [-0.25, -0.2) is 0 Å². The molecule has 0 aromatic carbocycles. The normalized spacial score (nSPS) is 20.5. The number of hydrogen-bond acceptors (Lipinski definition) is 2. The minimum Gasteiger partial charge on any atom is -0.317 e. The van der Waals surface area contributed by atoms with Crippen LogP contribution in [-0.4, -0.2) is 24.6 Å². The summed E-state index contributed by atoms with van der Waals surface area (Å²) in [7, 11) is 0. The standard InChI is InChI=1S/C9H19NS/c1-2-7-11-8-9-3-5-10-6-4-9/h9-10H,2-8H2,1H3. The van der Waals surface area contributed by atoms with E-state index in [0.717, 1.165) is 5.92 Å². The molecule has 0 spiro atoms. The molecule has 1 nitrogen and oxygen atoms in total. The summed E-state index contributed by atoms with van der Waals surface area (Å²) in [6.45, 7) is 4.75. The first-order valence-electron chi connectivity index (χ1n) is 4.72. The fourth-order valence-electron chi connectivity index (χ4n) is 1.44. The molecule has 66 valence electrons. The van der Waals surface area contributed by atoms with E-state index in [9.17, 15) is 0 Å². The number of thioether (sulfide) groups is 1. The van der Waals surface area contributed by atoms with Crippen LogP contribution in [0.15, 0.2) is 0 Å². The second-order valence-corrected chi connectivity index (χ2v) is 4.42. The molecule has 0 aliphatic carbocycles. The minimum atomic E-state index is 1.01. The Bertz CT molecular complexity index is 89.6. The van der Waals surface area contributed by atoms with Crippen molar-refractivity contribution in [3.05, 3.63) is 0 Å². The number of rotatable bonds is 4. The molecule has 0 unspecified atom stereocenters. The van der Waals surface area contributed by atoms with Crippen molar-refractivity contribution in [1.82, 2.24) is 5.32 Å². The summed E-state index contributed by atoms with van der Waals surface area (Å²) in [5.41, 5.74) is 0. The maximum absolute atomic E-state index is 3.40. The molecular formula is C9H19NS. The van der Waals surface area contributed by atoms with E-state index in [2.05, 4.69) is 24.0 Å². The van der Waals surface area contributed by atoms with Crippen LogP contribution in [0.3, 0.4) is 0 Å². The van der Waals surface area contributed by atoms with Gasteiger partial charge in [-0.05, 0) is 49.8 Å². The molecule has 1 N–H and O–H groups in total. The Morgan fingerprint density at radius 3 is 2.73 bits per heavy atom. The van der Waals surface area contributed by atoms with Crippen molar-refractivity contribution in [2.45, 2.75) is 26.2 Å². The van der Waals surface area contributed by atoms with Gasteiger partial charge in [0.1, 0.15) is 0 Å². The van der Waals surface area contributed by atoms with E-state index in [1.165, 1.54) is 43.9 Å². The van der Waals surface area contributed by atoms with Gasteiger partial charge in [-0.1, -0.05) is 6.92 Å². The molecule has 0 bridgehead atoms. The molecule has 1 aliphatic heterocycles. The lowest BCUT2D eigenvalue weighted by atomic mass is 10.0. The molecule has 0 radical (unpaired) electrons. The fraction of sp³-hybridized carbons (Fsp3) is 1.00. The zero-order valence-electron chi connectivity index (χ0n) is 7.44. The maximum Gasteiger partial charge on any atom is -0.00382 e. The van der Waals surface area contributed by atoms with Gasteiger partial charge in [0.2, 0.25) is 0 Å². The number of hydrogen-bond donors (Lipinski definition) is 1. The Kier molecular flexibility index (Phi) is 5.04. The Morgan fingerprint density at radius 2 is 2.09 bits per heavy atom. The van der Waals surface area contributed by atoms with Crippen molar-refractivity contribution in [3.63, 3.8) is 0 Å². The first kappa shape index (κ1) is 9.40. The van der Waals surface area contributed by atoms with Crippen LogP contribution in [-0.2, 0) is 0 Å². The molecule has 1 heterocycles. The highest BCUT2D eigenvalue weighted by Gasteiger charge is 2.11. The third-order valence-corrected chi connectivity index (χ3v) is 3.56. The molecule has 0 aromatic rings. The molecule has 1 fully saturated rings. The lowest BCUT2D eigenvalue weighted by molar-refractivity contribution is 0.408. The van der Waals surface area contributed by atoms with E-state index in [4.69, 9.17) is 0 Å². The Balaban J connectivity index is 1.96. The average Bonchev–Trinajstić information content (AvgIpc) is 2.07. The summed E-state index contributed by atoms with van der Waals surface area (Å²) in [5.74, 6) is 3.76. The first-order chi connectivity index (χ1) is 5.43. The van der Waals surface area contributed by atoms with Crippen LogP contribution in [0.1, 0.15) is 26.2 Å². The first-order valence-corrected chi connectivity index (χ1v) is 5.87. The molecule has 2 heteroatoms. The van der Waals surface area contributed by atoms with Crippen LogP contribution in [0.5, 0.6) is 0 Å². The van der Waals surface area contributed by atoms with Gasteiger partial charge in [-0.2, -0.15) is 11.8 Å². The van der Waals surface area contributed by atoms with Gasteiger partial charge in [-0.3, -0.25) is 0 Å². The topological polar surface area (TPSA) is 12.0 Å². The average molecular weight is 173 g/mol. The lowest BCUT2D eigenvalue weighted by Gasteiger charge is -2.21. The Hall–Kier alpha value is 0.310. The summed E-state index contributed by atoms with van der Waals surface area (Å²) in [5, 5.41) is 3.40. The lowest BCUT2D eigenvalue weighted by Crippen LogP contribution is -2.28. The SMILES string of the molecule is CCCSCC1CCNCC1. The third kappa shape index (κ3) is 4.02. The summed E-state index contributed by atoms with van der Waals surface area (Å²) in [6, 6.07) is 0. The van der Waals surface area contributed by atoms with Crippen LogP contribution in [0.25, 0.3) is 0 Å².